The first kappa shape index (κ1) is 15.8. The molecule has 0 fully saturated rings. The van der Waals surface area contributed by atoms with Gasteiger partial charge in [-0.05, 0) is 30.5 Å². The lowest BCUT2D eigenvalue weighted by atomic mass is 10.1. The highest BCUT2D eigenvalue weighted by molar-refractivity contribution is 5.95. The van der Waals surface area contributed by atoms with Crippen molar-refractivity contribution in [2.75, 3.05) is 0 Å². The van der Waals surface area contributed by atoms with Crippen LogP contribution in [0.4, 0.5) is 11.4 Å². The second-order valence-electron chi connectivity index (χ2n) is 5.86. The average Bonchev–Trinajstić information content (AvgIpc) is 2.96. The minimum Gasteiger partial charge on any atom is -0.506 e. The van der Waals surface area contributed by atoms with Crippen molar-refractivity contribution in [2.45, 2.75) is 6.92 Å². The lowest BCUT2D eigenvalue weighted by Gasteiger charge is -2.03. The monoisotopic (exact) mass is 344 g/mol. The first-order chi connectivity index (χ1) is 12.6. The molecule has 0 spiro atoms. The quantitative estimate of drug-likeness (QED) is 0.504. The summed E-state index contributed by atoms with van der Waals surface area (Å²) in [6.07, 6.45) is 0. The van der Waals surface area contributed by atoms with Crippen molar-refractivity contribution in [3.05, 3.63) is 72.4 Å². The Labute approximate surface area is 149 Å². The van der Waals surface area contributed by atoms with Crippen molar-refractivity contribution in [1.82, 2.24) is 9.78 Å². The summed E-state index contributed by atoms with van der Waals surface area (Å²) in [7, 11) is 0. The molecule has 128 valence electrons. The molecule has 0 bridgehead atoms. The highest BCUT2D eigenvalue weighted by Gasteiger charge is 2.16. The highest BCUT2D eigenvalue weighted by atomic mass is 16.3. The van der Waals surface area contributed by atoms with Gasteiger partial charge in [0, 0.05) is 5.39 Å². The van der Waals surface area contributed by atoms with Crippen LogP contribution in [-0.4, -0.2) is 20.0 Å². The Morgan fingerprint density at radius 3 is 2.31 bits per heavy atom. The van der Waals surface area contributed by atoms with Gasteiger partial charge in [0.05, 0.1) is 11.4 Å². The standard InChI is InChI=1S/C20H16N4O2/c1-13-18(20(26)24(23-13)15-8-3-2-4-9-15)21-22-19-16-10-6-5-7-14(16)11-12-17(19)25/h2-12,25-26H,1H3. The van der Waals surface area contributed by atoms with Crippen LogP contribution in [-0.2, 0) is 0 Å². The van der Waals surface area contributed by atoms with Crippen LogP contribution in [0.5, 0.6) is 11.6 Å². The van der Waals surface area contributed by atoms with E-state index in [0.717, 1.165) is 16.5 Å². The summed E-state index contributed by atoms with van der Waals surface area (Å²) in [6.45, 7) is 1.75. The molecule has 0 aliphatic heterocycles. The number of hydrogen-bond acceptors (Lipinski definition) is 5. The third-order valence-corrected chi connectivity index (χ3v) is 4.14. The largest absolute Gasteiger partial charge is 0.506 e. The lowest BCUT2D eigenvalue weighted by Crippen LogP contribution is -1.94. The minimum atomic E-state index is -0.0998. The Hall–Kier alpha value is -3.67. The van der Waals surface area contributed by atoms with E-state index in [9.17, 15) is 10.2 Å². The maximum atomic E-state index is 10.5. The molecule has 0 saturated carbocycles. The molecule has 0 amide bonds. The van der Waals surface area contributed by atoms with Crippen molar-refractivity contribution >= 4 is 22.1 Å². The predicted octanol–water partition coefficient (Wildman–Crippen LogP) is 5.16. The summed E-state index contributed by atoms with van der Waals surface area (Å²) in [4.78, 5) is 0. The molecule has 2 N–H and O–H groups in total. The molecule has 0 aliphatic carbocycles. The number of aromatic hydroxyl groups is 2. The second kappa shape index (κ2) is 6.33. The van der Waals surface area contributed by atoms with E-state index >= 15 is 0 Å². The van der Waals surface area contributed by atoms with Gasteiger partial charge in [-0.1, -0.05) is 48.5 Å². The van der Waals surface area contributed by atoms with Crippen molar-refractivity contribution < 1.29 is 10.2 Å². The van der Waals surface area contributed by atoms with E-state index in [-0.39, 0.29) is 17.3 Å². The van der Waals surface area contributed by atoms with E-state index in [2.05, 4.69) is 15.3 Å². The maximum absolute atomic E-state index is 10.5. The van der Waals surface area contributed by atoms with Gasteiger partial charge in [-0.2, -0.15) is 9.78 Å². The Balaban J connectivity index is 1.80. The fraction of sp³-hybridized carbons (Fsp3) is 0.0500. The summed E-state index contributed by atoms with van der Waals surface area (Å²) in [5.41, 5.74) is 1.88. The molecule has 0 aliphatic rings. The van der Waals surface area contributed by atoms with Crippen LogP contribution < -0.4 is 0 Å². The Bertz CT molecular complexity index is 1120. The Kier molecular flexibility index (Phi) is 3.85. The zero-order chi connectivity index (χ0) is 18.1. The van der Waals surface area contributed by atoms with Crippen LogP contribution >= 0.6 is 0 Å². The van der Waals surface area contributed by atoms with Crippen molar-refractivity contribution in [1.29, 1.82) is 0 Å². The van der Waals surface area contributed by atoms with Crippen LogP contribution in [0.1, 0.15) is 5.69 Å². The Morgan fingerprint density at radius 1 is 0.808 bits per heavy atom. The van der Waals surface area contributed by atoms with E-state index in [1.54, 1.807) is 13.0 Å². The number of rotatable bonds is 3. The molecule has 0 radical (unpaired) electrons. The zero-order valence-corrected chi connectivity index (χ0v) is 14.0. The van der Waals surface area contributed by atoms with E-state index in [4.69, 9.17) is 0 Å². The molecule has 6 nitrogen and oxygen atoms in total. The molecule has 0 atom stereocenters. The predicted molar refractivity (Wildman–Crippen MR) is 99.8 cm³/mol. The first-order valence-corrected chi connectivity index (χ1v) is 8.11. The molecule has 6 heteroatoms. The summed E-state index contributed by atoms with van der Waals surface area (Å²) in [6, 6.07) is 20.3. The fourth-order valence-electron chi connectivity index (χ4n) is 2.82. The zero-order valence-electron chi connectivity index (χ0n) is 14.0. The van der Waals surface area contributed by atoms with Gasteiger partial charge < -0.3 is 10.2 Å². The topological polar surface area (TPSA) is 83.0 Å². The molecule has 4 rings (SSSR count). The maximum Gasteiger partial charge on any atom is 0.243 e. The second-order valence-corrected chi connectivity index (χ2v) is 5.86. The molecule has 1 aromatic heterocycles. The molecule has 26 heavy (non-hydrogen) atoms. The summed E-state index contributed by atoms with van der Waals surface area (Å²) >= 11 is 0. The number of nitrogens with zero attached hydrogens (tertiary/aromatic N) is 4. The van der Waals surface area contributed by atoms with Gasteiger partial charge in [0.1, 0.15) is 11.4 Å². The third-order valence-electron chi connectivity index (χ3n) is 4.14. The van der Waals surface area contributed by atoms with Crippen LogP contribution in [0, 0.1) is 6.92 Å². The van der Waals surface area contributed by atoms with Gasteiger partial charge in [-0.3, -0.25) is 0 Å². The summed E-state index contributed by atoms with van der Waals surface area (Å²) in [5.74, 6) is -0.0720. The van der Waals surface area contributed by atoms with Crippen molar-refractivity contribution in [3.63, 3.8) is 0 Å². The number of phenolic OH excluding ortho intramolecular Hbond substituents is 1. The highest BCUT2D eigenvalue weighted by Crippen LogP contribution is 2.38. The van der Waals surface area contributed by atoms with Crippen LogP contribution in [0.3, 0.4) is 0 Å². The molecule has 3 aromatic carbocycles. The normalized spacial score (nSPS) is 11.4. The molecular weight excluding hydrogens is 328 g/mol. The first-order valence-electron chi connectivity index (χ1n) is 8.11. The summed E-state index contributed by atoms with van der Waals surface area (Å²) < 4.78 is 1.41. The van der Waals surface area contributed by atoms with Crippen LogP contribution in [0.25, 0.3) is 16.5 Å². The number of phenols is 1. The number of fused-ring (bicyclic) bond motifs is 1. The molecule has 1 heterocycles. The van der Waals surface area contributed by atoms with Crippen molar-refractivity contribution in [2.24, 2.45) is 10.2 Å². The Morgan fingerprint density at radius 2 is 1.50 bits per heavy atom. The minimum absolute atomic E-state index is 0.0278. The lowest BCUT2D eigenvalue weighted by molar-refractivity contribution is 0.434. The van der Waals surface area contributed by atoms with Crippen LogP contribution in [0.15, 0.2) is 77.0 Å². The van der Waals surface area contributed by atoms with Gasteiger partial charge in [0.25, 0.3) is 0 Å². The molecule has 0 unspecified atom stereocenters. The number of para-hydroxylation sites is 1. The van der Waals surface area contributed by atoms with Gasteiger partial charge >= 0.3 is 0 Å². The smallest absolute Gasteiger partial charge is 0.243 e. The number of aromatic nitrogens is 2. The molecule has 4 aromatic rings. The van der Waals surface area contributed by atoms with Gasteiger partial charge in [0.15, 0.2) is 5.69 Å². The van der Waals surface area contributed by atoms with Gasteiger partial charge in [-0.15, -0.1) is 10.2 Å². The van der Waals surface area contributed by atoms with Gasteiger partial charge in [-0.25, -0.2) is 0 Å². The number of azo groups is 1. The van der Waals surface area contributed by atoms with Gasteiger partial charge in [0.2, 0.25) is 5.88 Å². The SMILES string of the molecule is Cc1nn(-c2ccccc2)c(O)c1N=Nc1c(O)ccc2ccccc12. The number of benzene rings is 3. The number of hydrogen-bond donors (Lipinski definition) is 2. The van der Waals surface area contributed by atoms with Crippen molar-refractivity contribution in [3.8, 4) is 17.3 Å². The van der Waals surface area contributed by atoms with E-state index < -0.39 is 0 Å². The van der Waals surface area contributed by atoms with E-state index in [1.807, 2.05) is 60.7 Å². The third kappa shape index (κ3) is 2.67. The number of aryl methyl sites for hydroxylation is 1. The van der Waals surface area contributed by atoms with Crippen LogP contribution in [0.2, 0.25) is 0 Å². The average molecular weight is 344 g/mol. The molecular formula is C20H16N4O2. The fourth-order valence-corrected chi connectivity index (χ4v) is 2.82. The van der Waals surface area contributed by atoms with E-state index in [1.165, 1.54) is 4.68 Å². The molecule has 0 saturated heterocycles. The van der Waals surface area contributed by atoms with E-state index in [0.29, 0.717) is 11.4 Å². The summed E-state index contributed by atoms with van der Waals surface area (Å²) in [5, 5.41) is 35.1.